The third-order valence-electron chi connectivity index (χ3n) is 4.80. The Morgan fingerprint density at radius 3 is 2.30 bits per heavy atom. The minimum absolute atomic E-state index is 0.363. The lowest BCUT2D eigenvalue weighted by Crippen LogP contribution is -2.63. The molecule has 23 heavy (non-hydrogen) atoms. The zero-order valence-corrected chi connectivity index (χ0v) is 15.5. The number of unbranched alkanes of at least 4 members (excludes halogenated alkanes) is 2. The van der Waals surface area contributed by atoms with Crippen molar-refractivity contribution in [3.8, 4) is 0 Å². The highest BCUT2D eigenvalue weighted by atomic mass is 15.3. The van der Waals surface area contributed by atoms with Gasteiger partial charge >= 0.3 is 0 Å². The van der Waals surface area contributed by atoms with Crippen molar-refractivity contribution in [2.45, 2.75) is 77.3 Å². The van der Waals surface area contributed by atoms with Crippen LogP contribution in [0, 0.1) is 0 Å². The number of pyridine rings is 1. The van der Waals surface area contributed by atoms with E-state index in [2.05, 4.69) is 55.0 Å². The highest BCUT2D eigenvalue weighted by Gasteiger charge is 2.33. The van der Waals surface area contributed by atoms with E-state index in [-0.39, 0.29) is 0 Å². The number of likely N-dealkylation sites (tertiary alicyclic amines) is 1. The molecule has 0 amide bonds. The average molecular weight is 318 g/mol. The molecule has 0 atom stereocenters. The summed E-state index contributed by atoms with van der Waals surface area (Å²) in [5, 5.41) is 3.61. The van der Waals surface area contributed by atoms with Gasteiger partial charge in [-0.25, -0.2) is 0 Å². The molecular formula is C20H35N3. The third kappa shape index (κ3) is 6.60. The molecule has 1 aliphatic carbocycles. The monoisotopic (exact) mass is 317 g/mol. The summed E-state index contributed by atoms with van der Waals surface area (Å²) in [7, 11) is 0. The minimum Gasteiger partial charge on any atom is -0.311 e. The van der Waals surface area contributed by atoms with Crippen LogP contribution in [0.1, 0.15) is 71.3 Å². The molecule has 2 heterocycles. The van der Waals surface area contributed by atoms with Gasteiger partial charge in [0.1, 0.15) is 0 Å². The number of rotatable bonds is 6. The van der Waals surface area contributed by atoms with E-state index in [1.807, 2.05) is 12.4 Å². The molecule has 3 heteroatoms. The molecule has 1 aromatic rings. The van der Waals surface area contributed by atoms with E-state index in [1.165, 1.54) is 57.3 Å². The van der Waals surface area contributed by atoms with Crippen molar-refractivity contribution in [3.05, 3.63) is 30.1 Å². The van der Waals surface area contributed by atoms with Gasteiger partial charge in [-0.2, -0.15) is 0 Å². The van der Waals surface area contributed by atoms with Crippen LogP contribution in [-0.4, -0.2) is 41.1 Å². The van der Waals surface area contributed by atoms with E-state index in [0.29, 0.717) is 5.54 Å². The molecule has 0 spiro atoms. The standard InChI is InChI=1S/C12H26N2.C8H9N/c1-5-6-7-8-13-11-9-14(10-11)12(2,3)4;1-2-7(1)8-3-5-9-6-4-8/h11,13H,5-10H2,1-4H3;3-7H,1-2H2. The van der Waals surface area contributed by atoms with Crippen molar-refractivity contribution in [1.82, 2.24) is 15.2 Å². The molecule has 1 saturated heterocycles. The molecule has 0 bridgehead atoms. The molecule has 1 N–H and O–H groups in total. The predicted molar refractivity (Wildman–Crippen MR) is 98.9 cm³/mol. The molecule has 1 saturated carbocycles. The first-order valence-corrected chi connectivity index (χ1v) is 9.39. The molecule has 2 aliphatic rings. The maximum Gasteiger partial charge on any atom is 0.0323 e. The molecule has 1 aliphatic heterocycles. The van der Waals surface area contributed by atoms with Crippen molar-refractivity contribution in [3.63, 3.8) is 0 Å². The first kappa shape index (κ1) is 18.4. The summed E-state index contributed by atoms with van der Waals surface area (Å²) in [5.74, 6) is 0.869. The predicted octanol–water partition coefficient (Wildman–Crippen LogP) is 4.21. The number of hydrogen-bond acceptors (Lipinski definition) is 3. The highest BCUT2D eigenvalue weighted by molar-refractivity contribution is 5.19. The van der Waals surface area contributed by atoms with Crippen LogP contribution in [0.2, 0.25) is 0 Å². The van der Waals surface area contributed by atoms with Gasteiger partial charge in [-0.3, -0.25) is 9.88 Å². The number of hydrogen-bond donors (Lipinski definition) is 1. The molecular weight excluding hydrogens is 282 g/mol. The molecule has 0 aromatic carbocycles. The Morgan fingerprint density at radius 2 is 1.78 bits per heavy atom. The van der Waals surface area contributed by atoms with Crippen LogP contribution in [0.3, 0.4) is 0 Å². The summed E-state index contributed by atoms with van der Waals surface area (Å²) in [6.07, 6.45) is 10.5. The van der Waals surface area contributed by atoms with Crippen LogP contribution < -0.4 is 5.32 Å². The van der Waals surface area contributed by atoms with Gasteiger partial charge < -0.3 is 5.32 Å². The van der Waals surface area contributed by atoms with E-state index in [9.17, 15) is 0 Å². The van der Waals surface area contributed by atoms with Crippen LogP contribution in [0.15, 0.2) is 24.5 Å². The fourth-order valence-electron chi connectivity index (χ4n) is 2.89. The zero-order chi connectivity index (χ0) is 16.7. The van der Waals surface area contributed by atoms with E-state index in [0.717, 1.165) is 12.0 Å². The van der Waals surface area contributed by atoms with Gasteiger partial charge in [0.25, 0.3) is 0 Å². The first-order chi connectivity index (χ1) is 11.0. The topological polar surface area (TPSA) is 28.2 Å². The Hall–Kier alpha value is -0.930. The second kappa shape index (κ2) is 8.79. The Morgan fingerprint density at radius 1 is 1.13 bits per heavy atom. The molecule has 130 valence electrons. The highest BCUT2D eigenvalue weighted by Crippen LogP contribution is 2.39. The van der Waals surface area contributed by atoms with Crippen LogP contribution in [-0.2, 0) is 0 Å². The maximum atomic E-state index is 3.96. The van der Waals surface area contributed by atoms with Crippen LogP contribution >= 0.6 is 0 Å². The van der Waals surface area contributed by atoms with E-state index in [4.69, 9.17) is 0 Å². The molecule has 3 rings (SSSR count). The summed E-state index contributed by atoms with van der Waals surface area (Å²) >= 11 is 0. The number of nitrogens with one attached hydrogen (secondary N) is 1. The summed E-state index contributed by atoms with van der Waals surface area (Å²) in [6.45, 7) is 12.8. The Kier molecular flexibility index (Phi) is 7.04. The lowest BCUT2D eigenvalue weighted by molar-refractivity contribution is 0.0351. The molecule has 0 unspecified atom stereocenters. The minimum atomic E-state index is 0.363. The second-order valence-electron chi connectivity index (χ2n) is 7.99. The summed E-state index contributed by atoms with van der Waals surface area (Å²) in [6, 6.07) is 4.97. The smallest absolute Gasteiger partial charge is 0.0323 e. The van der Waals surface area contributed by atoms with E-state index < -0.39 is 0 Å². The second-order valence-corrected chi connectivity index (χ2v) is 7.99. The molecule has 3 nitrogen and oxygen atoms in total. The van der Waals surface area contributed by atoms with Crippen LogP contribution in [0.25, 0.3) is 0 Å². The van der Waals surface area contributed by atoms with Crippen molar-refractivity contribution in [2.24, 2.45) is 0 Å². The third-order valence-corrected chi connectivity index (χ3v) is 4.80. The maximum absolute atomic E-state index is 3.96. The zero-order valence-electron chi connectivity index (χ0n) is 15.5. The fraction of sp³-hybridized carbons (Fsp3) is 0.750. The van der Waals surface area contributed by atoms with Crippen molar-refractivity contribution in [2.75, 3.05) is 19.6 Å². The van der Waals surface area contributed by atoms with Gasteiger partial charge in [0, 0.05) is 37.1 Å². The normalized spacial score (nSPS) is 19.0. The number of aromatic nitrogens is 1. The Balaban J connectivity index is 0.000000182. The quantitative estimate of drug-likeness (QED) is 0.797. The van der Waals surface area contributed by atoms with Crippen molar-refractivity contribution in [1.29, 1.82) is 0 Å². The van der Waals surface area contributed by atoms with Gasteiger partial charge in [0.2, 0.25) is 0 Å². The molecule has 1 aromatic heterocycles. The fourth-order valence-corrected chi connectivity index (χ4v) is 2.89. The summed E-state index contributed by atoms with van der Waals surface area (Å²) in [4.78, 5) is 6.49. The summed E-state index contributed by atoms with van der Waals surface area (Å²) in [5.41, 5.74) is 1.83. The summed E-state index contributed by atoms with van der Waals surface area (Å²) < 4.78 is 0. The van der Waals surface area contributed by atoms with Crippen molar-refractivity contribution < 1.29 is 0 Å². The lowest BCUT2D eigenvalue weighted by atomic mass is 9.97. The van der Waals surface area contributed by atoms with Gasteiger partial charge in [-0.05, 0) is 70.2 Å². The van der Waals surface area contributed by atoms with Crippen molar-refractivity contribution >= 4 is 0 Å². The van der Waals surface area contributed by atoms with Crippen LogP contribution in [0.4, 0.5) is 0 Å². The average Bonchev–Trinajstić information content (AvgIpc) is 3.30. The van der Waals surface area contributed by atoms with E-state index in [1.54, 1.807) is 0 Å². The van der Waals surface area contributed by atoms with Gasteiger partial charge in [0.15, 0.2) is 0 Å². The largest absolute Gasteiger partial charge is 0.311 e. The SMILES string of the molecule is CCCCCNC1CN(C(C)(C)C)C1.c1cc(C2CC2)ccn1. The van der Waals surface area contributed by atoms with Gasteiger partial charge in [0.05, 0.1) is 0 Å². The van der Waals surface area contributed by atoms with Crippen LogP contribution in [0.5, 0.6) is 0 Å². The van der Waals surface area contributed by atoms with E-state index >= 15 is 0 Å². The lowest BCUT2D eigenvalue weighted by Gasteiger charge is -2.48. The van der Waals surface area contributed by atoms with Gasteiger partial charge in [-0.15, -0.1) is 0 Å². The molecule has 2 fully saturated rings. The van der Waals surface area contributed by atoms with Gasteiger partial charge in [-0.1, -0.05) is 19.8 Å². The molecule has 0 radical (unpaired) electrons. The first-order valence-electron chi connectivity index (χ1n) is 9.39. The Bertz CT molecular complexity index is 428. The number of nitrogens with zero attached hydrogens (tertiary/aromatic N) is 2. The Labute approximate surface area is 142 Å².